The fraction of sp³-hybridized carbons (Fsp3) is 0.538. The first-order chi connectivity index (χ1) is 8.98. The summed E-state index contributed by atoms with van der Waals surface area (Å²) >= 11 is 6.15. The minimum Gasteiger partial charge on any atom is -0.207 e. The summed E-state index contributed by atoms with van der Waals surface area (Å²) in [6.45, 7) is 0. The predicted octanol–water partition coefficient (Wildman–Crippen LogP) is 2.75. The summed E-state index contributed by atoms with van der Waals surface area (Å²) in [4.78, 5) is 0.0393. The molecule has 6 heteroatoms. The summed E-state index contributed by atoms with van der Waals surface area (Å²) in [5.41, 5.74) is 0. The topological polar surface area (TPSA) is 37.4 Å². The second-order valence-electron chi connectivity index (χ2n) is 5.25. The molecule has 0 radical (unpaired) electrons. The molecule has 0 amide bonds. The van der Waals surface area contributed by atoms with Gasteiger partial charge in [-0.1, -0.05) is 6.07 Å². The van der Waals surface area contributed by atoms with Gasteiger partial charge in [0.1, 0.15) is 5.82 Å². The van der Waals surface area contributed by atoms with Gasteiger partial charge in [-0.3, -0.25) is 0 Å². The smallest absolute Gasteiger partial charge is 0.207 e. The molecule has 2 aliphatic rings. The first-order valence-electron chi connectivity index (χ1n) is 6.41. The number of fused-ring (bicyclic) bond motifs is 2. The number of sulfonamides is 1. The molecule has 3 nitrogen and oxygen atoms in total. The van der Waals surface area contributed by atoms with Crippen molar-refractivity contribution in [2.24, 2.45) is 0 Å². The maximum atomic E-state index is 13.2. The Kier molecular flexibility index (Phi) is 3.31. The van der Waals surface area contributed by atoms with Gasteiger partial charge in [-0.15, -0.1) is 11.6 Å². The van der Waals surface area contributed by atoms with E-state index in [1.54, 1.807) is 4.31 Å². The highest BCUT2D eigenvalue weighted by Crippen LogP contribution is 2.41. The average Bonchev–Trinajstić information content (AvgIpc) is 2.63. The molecule has 2 saturated heterocycles. The number of hydrogen-bond acceptors (Lipinski definition) is 2. The van der Waals surface area contributed by atoms with Crippen LogP contribution >= 0.6 is 11.6 Å². The average molecular weight is 304 g/mol. The Morgan fingerprint density at radius 3 is 2.42 bits per heavy atom. The van der Waals surface area contributed by atoms with Gasteiger partial charge in [-0.2, -0.15) is 4.31 Å². The van der Waals surface area contributed by atoms with E-state index < -0.39 is 15.8 Å². The number of hydrogen-bond donors (Lipinski definition) is 0. The molecule has 1 aromatic carbocycles. The van der Waals surface area contributed by atoms with Gasteiger partial charge in [0, 0.05) is 17.5 Å². The molecule has 2 unspecified atom stereocenters. The third-order valence-corrected chi connectivity index (χ3v) is 6.34. The highest BCUT2D eigenvalue weighted by Gasteiger charge is 2.46. The molecule has 0 spiro atoms. The van der Waals surface area contributed by atoms with Crippen molar-refractivity contribution in [2.45, 2.75) is 48.0 Å². The van der Waals surface area contributed by atoms with Crippen molar-refractivity contribution >= 4 is 21.6 Å². The highest BCUT2D eigenvalue weighted by molar-refractivity contribution is 7.89. The molecule has 3 rings (SSSR count). The lowest BCUT2D eigenvalue weighted by molar-refractivity contribution is 0.251. The van der Waals surface area contributed by atoms with Crippen LogP contribution in [0.5, 0.6) is 0 Å². The fourth-order valence-corrected chi connectivity index (χ4v) is 5.54. The number of nitrogens with zero attached hydrogens (tertiary/aromatic N) is 1. The molecule has 0 N–H and O–H groups in total. The summed E-state index contributed by atoms with van der Waals surface area (Å²) in [5.74, 6) is -0.527. The first-order valence-corrected chi connectivity index (χ1v) is 8.29. The van der Waals surface area contributed by atoms with E-state index in [1.165, 1.54) is 18.2 Å². The minimum atomic E-state index is -3.61. The lowest BCUT2D eigenvalue weighted by atomic mass is 10.1. The molecule has 2 aliphatic heterocycles. The lowest BCUT2D eigenvalue weighted by Crippen LogP contribution is -2.46. The summed E-state index contributed by atoms with van der Waals surface area (Å²) in [6, 6.07) is 5.15. The molecule has 2 bridgehead atoms. The molecule has 104 valence electrons. The van der Waals surface area contributed by atoms with E-state index in [2.05, 4.69) is 0 Å². The summed E-state index contributed by atoms with van der Waals surface area (Å²) < 4.78 is 40.0. The van der Waals surface area contributed by atoms with Crippen molar-refractivity contribution in [1.29, 1.82) is 0 Å². The van der Waals surface area contributed by atoms with E-state index >= 15 is 0 Å². The second kappa shape index (κ2) is 4.72. The molecule has 2 atom stereocenters. The van der Waals surface area contributed by atoms with Crippen molar-refractivity contribution in [1.82, 2.24) is 4.31 Å². The van der Waals surface area contributed by atoms with Gasteiger partial charge in [-0.25, -0.2) is 12.8 Å². The molecule has 19 heavy (non-hydrogen) atoms. The van der Waals surface area contributed by atoms with Crippen LogP contribution in [-0.2, 0) is 10.0 Å². The van der Waals surface area contributed by atoms with Crippen LogP contribution in [0, 0.1) is 5.82 Å². The van der Waals surface area contributed by atoms with Gasteiger partial charge in [0.2, 0.25) is 10.0 Å². The van der Waals surface area contributed by atoms with Crippen molar-refractivity contribution in [3.63, 3.8) is 0 Å². The van der Waals surface area contributed by atoms with E-state index in [9.17, 15) is 12.8 Å². The van der Waals surface area contributed by atoms with Gasteiger partial charge >= 0.3 is 0 Å². The van der Waals surface area contributed by atoms with Crippen LogP contribution in [-0.4, -0.2) is 30.2 Å². The van der Waals surface area contributed by atoms with E-state index in [4.69, 9.17) is 11.6 Å². The van der Waals surface area contributed by atoms with Gasteiger partial charge in [-0.05, 0) is 43.9 Å². The summed E-state index contributed by atoms with van der Waals surface area (Å²) in [5, 5.41) is 0.0523. The van der Waals surface area contributed by atoms with Crippen LogP contribution in [0.15, 0.2) is 29.2 Å². The monoisotopic (exact) mass is 303 g/mol. The summed E-state index contributed by atoms with van der Waals surface area (Å²) in [6.07, 6.45) is 3.07. The van der Waals surface area contributed by atoms with Crippen molar-refractivity contribution in [3.05, 3.63) is 30.1 Å². The number of halogens is 2. The Balaban J connectivity index is 1.98. The van der Waals surface area contributed by atoms with Crippen molar-refractivity contribution < 1.29 is 12.8 Å². The van der Waals surface area contributed by atoms with Crippen LogP contribution in [0.4, 0.5) is 4.39 Å². The quantitative estimate of drug-likeness (QED) is 0.788. The Morgan fingerprint density at radius 2 is 1.84 bits per heavy atom. The zero-order valence-corrected chi connectivity index (χ0v) is 11.9. The fourth-order valence-electron chi connectivity index (χ4n) is 3.21. The molecule has 2 fully saturated rings. The third kappa shape index (κ3) is 2.28. The van der Waals surface area contributed by atoms with Crippen molar-refractivity contribution in [2.75, 3.05) is 0 Å². The highest BCUT2D eigenvalue weighted by atomic mass is 35.5. The first kappa shape index (κ1) is 13.3. The van der Waals surface area contributed by atoms with Gasteiger partial charge in [0.15, 0.2) is 0 Å². The lowest BCUT2D eigenvalue weighted by Gasteiger charge is -2.35. The van der Waals surface area contributed by atoms with Crippen molar-refractivity contribution in [3.8, 4) is 0 Å². The Labute approximate surface area is 117 Å². The number of benzene rings is 1. The standard InChI is InChI=1S/C13H15ClFNO2S/c14-9-6-11-4-5-12(7-9)16(11)19(17,18)13-3-1-2-10(15)8-13/h1-3,8-9,11-12H,4-7H2. The van der Waals surface area contributed by atoms with E-state index in [-0.39, 0.29) is 22.4 Å². The SMILES string of the molecule is O=S(=O)(c1cccc(F)c1)N1C2CCC1CC(Cl)C2. The molecule has 1 aromatic rings. The summed E-state index contributed by atoms with van der Waals surface area (Å²) in [7, 11) is -3.61. The Bertz CT molecular complexity index is 578. The number of piperidine rings is 1. The minimum absolute atomic E-state index is 0.0329. The Hall–Kier alpha value is -0.650. The Morgan fingerprint density at radius 1 is 1.21 bits per heavy atom. The molecule has 0 aromatic heterocycles. The zero-order valence-electron chi connectivity index (χ0n) is 10.3. The zero-order chi connectivity index (χ0) is 13.6. The van der Waals surface area contributed by atoms with Crippen LogP contribution < -0.4 is 0 Å². The third-order valence-electron chi connectivity index (χ3n) is 3.98. The van der Waals surface area contributed by atoms with Gasteiger partial charge in [0.05, 0.1) is 4.90 Å². The molecular weight excluding hydrogens is 289 g/mol. The molecule has 0 aliphatic carbocycles. The predicted molar refractivity (Wildman–Crippen MR) is 71.1 cm³/mol. The van der Waals surface area contributed by atoms with E-state index in [0.717, 1.165) is 18.9 Å². The number of rotatable bonds is 2. The second-order valence-corrected chi connectivity index (χ2v) is 7.71. The van der Waals surface area contributed by atoms with E-state index in [1.807, 2.05) is 0 Å². The molecule has 2 heterocycles. The molecular formula is C13H15ClFNO2S. The van der Waals surface area contributed by atoms with Crippen LogP contribution in [0.1, 0.15) is 25.7 Å². The van der Waals surface area contributed by atoms with Crippen LogP contribution in [0.25, 0.3) is 0 Å². The van der Waals surface area contributed by atoms with Gasteiger partial charge in [0.25, 0.3) is 0 Å². The van der Waals surface area contributed by atoms with Crippen LogP contribution in [0.2, 0.25) is 0 Å². The maximum absolute atomic E-state index is 13.2. The molecule has 0 saturated carbocycles. The number of alkyl halides is 1. The van der Waals surface area contributed by atoms with Gasteiger partial charge < -0.3 is 0 Å². The van der Waals surface area contributed by atoms with Crippen LogP contribution in [0.3, 0.4) is 0 Å². The normalized spacial score (nSPS) is 31.6. The van der Waals surface area contributed by atoms with E-state index in [0.29, 0.717) is 12.8 Å². The maximum Gasteiger partial charge on any atom is 0.243 e. The largest absolute Gasteiger partial charge is 0.243 e.